The van der Waals surface area contributed by atoms with Crippen molar-refractivity contribution in [1.29, 1.82) is 0 Å². The van der Waals surface area contributed by atoms with Crippen LogP contribution in [0.4, 0.5) is 9.18 Å². The van der Waals surface area contributed by atoms with E-state index in [9.17, 15) is 9.18 Å². The predicted molar refractivity (Wildman–Crippen MR) is 101 cm³/mol. The Bertz CT molecular complexity index is 767. The van der Waals surface area contributed by atoms with Crippen molar-refractivity contribution < 1.29 is 18.7 Å². The molecule has 0 radical (unpaired) electrons. The number of hydrogen-bond donors (Lipinski definition) is 1. The fourth-order valence-corrected chi connectivity index (χ4v) is 3.22. The van der Waals surface area contributed by atoms with Crippen LogP contribution in [0, 0.1) is 5.82 Å². The van der Waals surface area contributed by atoms with Gasteiger partial charge in [0.1, 0.15) is 17.3 Å². The number of hydrogen-bond acceptors (Lipinski definition) is 4. The Morgan fingerprint density at radius 3 is 2.81 bits per heavy atom. The third-order valence-electron chi connectivity index (χ3n) is 4.60. The summed E-state index contributed by atoms with van der Waals surface area (Å²) in [5.74, 6) is 0.718. The van der Waals surface area contributed by atoms with Crippen molar-refractivity contribution in [3.05, 3.63) is 59.9 Å². The minimum atomic E-state index is -0.436. The van der Waals surface area contributed by atoms with Gasteiger partial charge in [0.15, 0.2) is 0 Å². The van der Waals surface area contributed by atoms with Gasteiger partial charge in [-0.3, -0.25) is 0 Å². The third-order valence-corrected chi connectivity index (χ3v) is 4.60. The first-order valence-electron chi connectivity index (χ1n) is 9.26. The fraction of sp³-hybridized carbons (Fsp3) is 0.381. The van der Waals surface area contributed by atoms with Crippen LogP contribution >= 0.6 is 0 Å². The number of carbonyl (C=O) groups is 1. The summed E-state index contributed by atoms with van der Waals surface area (Å²) in [4.78, 5) is 14.3. The molecule has 0 aromatic heterocycles. The highest BCUT2D eigenvalue weighted by Gasteiger charge is 2.33. The van der Waals surface area contributed by atoms with Crippen LogP contribution in [0.25, 0.3) is 0 Å². The van der Waals surface area contributed by atoms with Crippen LogP contribution in [0.3, 0.4) is 0 Å². The number of benzene rings is 2. The van der Waals surface area contributed by atoms with Crippen molar-refractivity contribution in [2.24, 2.45) is 5.73 Å². The molecule has 6 heteroatoms. The molecule has 1 aliphatic rings. The molecule has 5 nitrogen and oxygen atoms in total. The normalized spacial score (nSPS) is 17.6. The number of halogens is 1. The summed E-state index contributed by atoms with van der Waals surface area (Å²) in [5, 5.41) is 0. The lowest BCUT2D eigenvalue weighted by molar-refractivity contribution is 0.146. The second kappa shape index (κ2) is 8.86. The molecule has 0 aliphatic carbocycles. The molecule has 2 unspecified atom stereocenters. The van der Waals surface area contributed by atoms with Crippen LogP contribution in [-0.4, -0.2) is 30.2 Å². The van der Waals surface area contributed by atoms with E-state index in [1.807, 2.05) is 13.0 Å². The summed E-state index contributed by atoms with van der Waals surface area (Å²) < 4.78 is 25.2. The van der Waals surface area contributed by atoms with Gasteiger partial charge in [0.2, 0.25) is 0 Å². The summed E-state index contributed by atoms with van der Waals surface area (Å²) in [6.45, 7) is 2.91. The predicted octanol–water partition coefficient (Wildman–Crippen LogP) is 4.28. The van der Waals surface area contributed by atoms with Crippen molar-refractivity contribution in [2.45, 2.75) is 38.3 Å². The minimum Gasteiger partial charge on any atom is -0.493 e. The number of amides is 1. The van der Waals surface area contributed by atoms with Crippen LogP contribution < -0.4 is 15.2 Å². The number of rotatable bonds is 6. The lowest BCUT2D eigenvalue weighted by atomic mass is 10.0. The average molecular weight is 372 g/mol. The van der Waals surface area contributed by atoms with Crippen LogP contribution in [0.15, 0.2) is 48.5 Å². The van der Waals surface area contributed by atoms with Crippen LogP contribution in [-0.2, 0) is 0 Å². The fourth-order valence-electron chi connectivity index (χ4n) is 3.22. The molecule has 2 aromatic carbocycles. The Hall–Kier alpha value is -2.60. The van der Waals surface area contributed by atoms with Gasteiger partial charge in [0, 0.05) is 18.2 Å². The molecule has 1 saturated heterocycles. The lowest BCUT2D eigenvalue weighted by Crippen LogP contribution is -2.33. The number of nitrogens with zero attached hydrogens (tertiary/aromatic N) is 1. The van der Waals surface area contributed by atoms with Gasteiger partial charge < -0.3 is 20.1 Å². The SMILES string of the molecule is CC(N)CCOc1ccc(F)cc1C1CCCN1C(=O)Oc1ccccc1. The largest absolute Gasteiger partial charge is 0.493 e. The van der Waals surface area contributed by atoms with E-state index in [-0.39, 0.29) is 17.9 Å². The minimum absolute atomic E-state index is 0.0257. The van der Waals surface area contributed by atoms with Gasteiger partial charge >= 0.3 is 6.09 Å². The average Bonchev–Trinajstić information content (AvgIpc) is 3.13. The maximum Gasteiger partial charge on any atom is 0.415 e. The number of likely N-dealkylation sites (tertiary alicyclic amines) is 1. The maximum absolute atomic E-state index is 13.9. The van der Waals surface area contributed by atoms with Gasteiger partial charge in [-0.05, 0) is 56.5 Å². The Balaban J connectivity index is 1.77. The number of nitrogens with two attached hydrogens (primary N) is 1. The molecule has 2 aromatic rings. The highest BCUT2D eigenvalue weighted by Crippen LogP contribution is 2.38. The van der Waals surface area contributed by atoms with E-state index in [1.54, 1.807) is 35.2 Å². The van der Waals surface area contributed by atoms with Gasteiger partial charge in [-0.1, -0.05) is 18.2 Å². The summed E-state index contributed by atoms with van der Waals surface area (Å²) in [5.41, 5.74) is 6.44. The molecule has 1 fully saturated rings. The van der Waals surface area contributed by atoms with Gasteiger partial charge in [-0.25, -0.2) is 9.18 Å². The van der Waals surface area contributed by atoms with Crippen LogP contribution in [0.1, 0.15) is 37.8 Å². The summed E-state index contributed by atoms with van der Waals surface area (Å²) in [7, 11) is 0. The summed E-state index contributed by atoms with van der Waals surface area (Å²) in [6, 6.07) is 13.1. The molecule has 0 spiro atoms. The molecule has 0 saturated carbocycles. The first kappa shape index (κ1) is 19.2. The molecule has 2 N–H and O–H groups in total. The van der Waals surface area contributed by atoms with Crippen molar-refractivity contribution in [1.82, 2.24) is 4.90 Å². The zero-order valence-electron chi connectivity index (χ0n) is 15.4. The molecule has 0 bridgehead atoms. The number of para-hydroxylation sites is 1. The molecule has 2 atom stereocenters. The molecule has 27 heavy (non-hydrogen) atoms. The lowest BCUT2D eigenvalue weighted by Gasteiger charge is -2.26. The first-order valence-corrected chi connectivity index (χ1v) is 9.26. The first-order chi connectivity index (χ1) is 13.0. The Kier molecular flexibility index (Phi) is 6.29. The van der Waals surface area contributed by atoms with Crippen molar-refractivity contribution in [3.63, 3.8) is 0 Å². The second-order valence-corrected chi connectivity index (χ2v) is 6.83. The zero-order valence-corrected chi connectivity index (χ0v) is 15.4. The van der Waals surface area contributed by atoms with E-state index in [1.165, 1.54) is 12.1 Å². The van der Waals surface area contributed by atoms with Crippen molar-refractivity contribution in [3.8, 4) is 11.5 Å². The van der Waals surface area contributed by atoms with Crippen LogP contribution in [0.2, 0.25) is 0 Å². The van der Waals surface area contributed by atoms with E-state index in [2.05, 4.69) is 0 Å². The molecular formula is C21H25FN2O3. The van der Waals surface area contributed by atoms with Crippen LogP contribution in [0.5, 0.6) is 11.5 Å². The monoisotopic (exact) mass is 372 g/mol. The Morgan fingerprint density at radius 1 is 1.30 bits per heavy atom. The maximum atomic E-state index is 13.9. The van der Waals surface area contributed by atoms with E-state index in [0.29, 0.717) is 36.6 Å². The molecule has 1 heterocycles. The molecular weight excluding hydrogens is 347 g/mol. The Labute approximate surface area is 158 Å². The number of carbonyl (C=O) groups excluding carboxylic acids is 1. The molecule has 144 valence electrons. The molecule has 1 amide bonds. The van der Waals surface area contributed by atoms with Crippen molar-refractivity contribution >= 4 is 6.09 Å². The Morgan fingerprint density at radius 2 is 2.07 bits per heavy atom. The highest BCUT2D eigenvalue weighted by molar-refractivity contribution is 5.72. The quantitative estimate of drug-likeness (QED) is 0.822. The smallest absolute Gasteiger partial charge is 0.415 e. The van der Waals surface area contributed by atoms with Gasteiger partial charge in [0.25, 0.3) is 0 Å². The topological polar surface area (TPSA) is 64.8 Å². The van der Waals surface area contributed by atoms with E-state index in [0.717, 1.165) is 12.8 Å². The van der Waals surface area contributed by atoms with E-state index in [4.69, 9.17) is 15.2 Å². The van der Waals surface area contributed by atoms with Gasteiger partial charge in [0.05, 0.1) is 12.6 Å². The van der Waals surface area contributed by atoms with Gasteiger partial charge in [-0.15, -0.1) is 0 Å². The standard InChI is InChI=1S/C21H25FN2O3/c1-15(23)11-13-26-20-10-9-16(22)14-18(20)19-8-5-12-24(19)21(25)27-17-6-3-2-4-7-17/h2-4,6-7,9-10,14-15,19H,5,8,11-13,23H2,1H3. The number of ether oxygens (including phenoxy) is 2. The molecule has 1 aliphatic heterocycles. The highest BCUT2D eigenvalue weighted by atomic mass is 19.1. The summed E-state index contributed by atoms with van der Waals surface area (Å²) >= 11 is 0. The van der Waals surface area contributed by atoms with E-state index >= 15 is 0 Å². The van der Waals surface area contributed by atoms with Gasteiger partial charge in [-0.2, -0.15) is 0 Å². The zero-order chi connectivity index (χ0) is 19.2. The van der Waals surface area contributed by atoms with Crippen molar-refractivity contribution in [2.75, 3.05) is 13.2 Å². The van der Waals surface area contributed by atoms with E-state index < -0.39 is 6.09 Å². The second-order valence-electron chi connectivity index (χ2n) is 6.83. The summed E-state index contributed by atoms with van der Waals surface area (Å²) in [6.07, 6.45) is 1.82. The third kappa shape index (κ3) is 4.98. The molecule has 3 rings (SSSR count).